The van der Waals surface area contributed by atoms with Crippen molar-refractivity contribution in [2.75, 3.05) is 31.6 Å². The number of nitrogens with zero attached hydrogens (tertiary/aromatic N) is 2. The lowest BCUT2D eigenvalue weighted by Crippen LogP contribution is -2.35. The maximum atomic E-state index is 13.5. The summed E-state index contributed by atoms with van der Waals surface area (Å²) >= 11 is 0. The zero-order valence-electron chi connectivity index (χ0n) is 15.2. The molecule has 1 fully saturated rings. The van der Waals surface area contributed by atoms with E-state index in [9.17, 15) is 9.18 Å². The van der Waals surface area contributed by atoms with E-state index < -0.39 is 0 Å². The third kappa shape index (κ3) is 3.86. The molecule has 1 N–H and O–H groups in total. The number of aromatic nitrogens is 1. The maximum Gasteiger partial charge on any atom is 0.272 e. The Kier molecular flexibility index (Phi) is 4.92. The molecule has 5 nitrogen and oxygen atoms in total. The average molecular weight is 367 g/mol. The summed E-state index contributed by atoms with van der Waals surface area (Å²) in [7, 11) is 1.77. The molecule has 2 heterocycles. The Hall–Kier alpha value is -2.70. The van der Waals surface area contributed by atoms with Crippen LogP contribution in [0.1, 0.15) is 16.1 Å². The lowest BCUT2D eigenvalue weighted by molar-refractivity contribution is 0.0342. The number of halogens is 1. The molecule has 3 aromatic rings. The molecular formula is C21H22FN3O2. The largest absolute Gasteiger partial charge is 0.379 e. The van der Waals surface area contributed by atoms with Gasteiger partial charge in [-0.1, -0.05) is 12.1 Å². The predicted octanol–water partition coefficient (Wildman–Crippen LogP) is 3.40. The second-order valence-corrected chi connectivity index (χ2v) is 6.83. The van der Waals surface area contributed by atoms with Gasteiger partial charge in [0.1, 0.15) is 11.5 Å². The normalized spacial score (nSPS) is 15.2. The zero-order chi connectivity index (χ0) is 18.8. The molecule has 0 saturated carbocycles. The molecule has 0 unspecified atom stereocenters. The molecule has 140 valence electrons. The fraction of sp³-hybridized carbons (Fsp3) is 0.286. The van der Waals surface area contributed by atoms with Gasteiger partial charge in [0.25, 0.3) is 5.91 Å². The summed E-state index contributed by atoms with van der Waals surface area (Å²) in [6.45, 7) is 4.20. The highest BCUT2D eigenvalue weighted by atomic mass is 19.1. The van der Waals surface area contributed by atoms with Crippen molar-refractivity contribution in [3.8, 4) is 0 Å². The summed E-state index contributed by atoms with van der Waals surface area (Å²) in [4.78, 5) is 15.1. The van der Waals surface area contributed by atoms with Crippen LogP contribution in [-0.4, -0.2) is 41.7 Å². The number of amides is 1. The van der Waals surface area contributed by atoms with Gasteiger partial charge in [0.2, 0.25) is 0 Å². The minimum atomic E-state index is -0.313. The minimum Gasteiger partial charge on any atom is -0.379 e. The first-order chi connectivity index (χ1) is 13.1. The van der Waals surface area contributed by atoms with E-state index in [1.807, 2.05) is 18.2 Å². The van der Waals surface area contributed by atoms with Gasteiger partial charge in [-0.15, -0.1) is 0 Å². The lowest BCUT2D eigenvalue weighted by Gasteiger charge is -2.26. The first kappa shape index (κ1) is 17.7. The van der Waals surface area contributed by atoms with Crippen LogP contribution in [0.5, 0.6) is 0 Å². The van der Waals surface area contributed by atoms with Gasteiger partial charge in [-0.05, 0) is 42.0 Å². The molecule has 1 aliphatic heterocycles. The van der Waals surface area contributed by atoms with Crippen molar-refractivity contribution in [3.63, 3.8) is 0 Å². The van der Waals surface area contributed by atoms with E-state index in [4.69, 9.17) is 4.74 Å². The highest BCUT2D eigenvalue weighted by molar-refractivity contribution is 6.06. The van der Waals surface area contributed by atoms with Gasteiger partial charge in [0.05, 0.1) is 18.7 Å². The summed E-state index contributed by atoms with van der Waals surface area (Å²) in [5, 5.41) is 3.79. The van der Waals surface area contributed by atoms with Crippen LogP contribution < -0.4 is 5.32 Å². The summed E-state index contributed by atoms with van der Waals surface area (Å²) in [5.41, 5.74) is 3.09. The van der Waals surface area contributed by atoms with Crippen molar-refractivity contribution in [1.29, 1.82) is 0 Å². The molecule has 0 spiro atoms. The van der Waals surface area contributed by atoms with Crippen LogP contribution in [0, 0.1) is 5.82 Å². The van der Waals surface area contributed by atoms with Crippen LogP contribution in [0.25, 0.3) is 10.9 Å². The number of morpholine rings is 1. The number of carbonyl (C=O) groups is 1. The third-order valence-corrected chi connectivity index (χ3v) is 4.93. The van der Waals surface area contributed by atoms with Gasteiger partial charge in [-0.2, -0.15) is 0 Å². The summed E-state index contributed by atoms with van der Waals surface area (Å²) in [6.07, 6.45) is 0. The molecule has 6 heteroatoms. The second-order valence-electron chi connectivity index (χ2n) is 6.83. The summed E-state index contributed by atoms with van der Waals surface area (Å²) in [6, 6.07) is 14.2. The number of fused-ring (bicyclic) bond motifs is 1. The Bertz CT molecular complexity index is 977. The quantitative estimate of drug-likeness (QED) is 0.769. The Morgan fingerprint density at radius 3 is 2.78 bits per heavy atom. The summed E-state index contributed by atoms with van der Waals surface area (Å²) in [5.74, 6) is -0.524. The molecule has 0 bridgehead atoms. The molecule has 0 atom stereocenters. The van der Waals surface area contributed by atoms with Crippen molar-refractivity contribution < 1.29 is 13.9 Å². The van der Waals surface area contributed by atoms with Crippen molar-refractivity contribution in [3.05, 3.63) is 65.6 Å². The molecule has 2 aromatic carbocycles. The number of nitrogens with one attached hydrogen (secondary N) is 1. The lowest BCUT2D eigenvalue weighted by atomic mass is 10.1. The molecule has 1 aromatic heterocycles. The first-order valence-corrected chi connectivity index (χ1v) is 9.05. The van der Waals surface area contributed by atoms with Crippen molar-refractivity contribution in [2.45, 2.75) is 6.54 Å². The molecular weight excluding hydrogens is 345 g/mol. The predicted molar refractivity (Wildman–Crippen MR) is 103 cm³/mol. The first-order valence-electron chi connectivity index (χ1n) is 9.05. The molecule has 0 radical (unpaired) electrons. The molecule has 1 amide bonds. The van der Waals surface area contributed by atoms with E-state index in [1.165, 1.54) is 12.1 Å². The number of carbonyl (C=O) groups excluding carboxylic acids is 1. The topological polar surface area (TPSA) is 46.5 Å². The van der Waals surface area contributed by atoms with Gasteiger partial charge in [-0.3, -0.25) is 9.69 Å². The number of hydrogen-bond acceptors (Lipinski definition) is 3. The van der Waals surface area contributed by atoms with E-state index >= 15 is 0 Å². The molecule has 1 saturated heterocycles. The number of ether oxygens (including phenoxy) is 1. The van der Waals surface area contributed by atoms with Gasteiger partial charge >= 0.3 is 0 Å². The van der Waals surface area contributed by atoms with E-state index in [0.29, 0.717) is 11.2 Å². The van der Waals surface area contributed by atoms with Crippen LogP contribution in [0.15, 0.2) is 48.5 Å². The molecule has 0 aliphatic carbocycles. The Balaban J connectivity index is 1.51. The van der Waals surface area contributed by atoms with Crippen LogP contribution in [-0.2, 0) is 18.3 Å². The van der Waals surface area contributed by atoms with E-state index in [2.05, 4.69) is 16.3 Å². The second kappa shape index (κ2) is 7.50. The number of hydrogen-bond donors (Lipinski definition) is 1. The van der Waals surface area contributed by atoms with E-state index in [0.717, 1.165) is 49.5 Å². The zero-order valence-corrected chi connectivity index (χ0v) is 15.2. The number of aryl methyl sites for hydroxylation is 1. The Morgan fingerprint density at radius 2 is 1.96 bits per heavy atom. The van der Waals surface area contributed by atoms with Crippen LogP contribution in [0.2, 0.25) is 0 Å². The highest BCUT2D eigenvalue weighted by Gasteiger charge is 2.15. The fourth-order valence-electron chi connectivity index (χ4n) is 3.48. The molecule has 27 heavy (non-hydrogen) atoms. The van der Waals surface area contributed by atoms with Crippen molar-refractivity contribution in [1.82, 2.24) is 9.47 Å². The Morgan fingerprint density at radius 1 is 1.15 bits per heavy atom. The summed E-state index contributed by atoms with van der Waals surface area (Å²) < 4.78 is 20.6. The SMILES string of the molecule is Cn1c(C(=O)Nc2cccc(CN3CCOCC3)c2)cc2ccc(F)cc21. The van der Waals surface area contributed by atoms with E-state index in [1.54, 1.807) is 23.7 Å². The van der Waals surface area contributed by atoms with Crippen LogP contribution in [0.3, 0.4) is 0 Å². The van der Waals surface area contributed by atoms with Gasteiger partial charge < -0.3 is 14.6 Å². The van der Waals surface area contributed by atoms with Crippen LogP contribution >= 0.6 is 0 Å². The number of anilines is 1. The smallest absolute Gasteiger partial charge is 0.272 e. The highest BCUT2D eigenvalue weighted by Crippen LogP contribution is 2.21. The van der Waals surface area contributed by atoms with Crippen LogP contribution in [0.4, 0.5) is 10.1 Å². The third-order valence-electron chi connectivity index (χ3n) is 4.93. The fourth-order valence-corrected chi connectivity index (χ4v) is 3.48. The molecule has 1 aliphatic rings. The van der Waals surface area contributed by atoms with Gasteiger partial charge in [0.15, 0.2) is 0 Å². The number of benzene rings is 2. The number of rotatable bonds is 4. The average Bonchev–Trinajstić information content (AvgIpc) is 2.99. The monoisotopic (exact) mass is 367 g/mol. The Labute approximate surface area is 157 Å². The molecule has 4 rings (SSSR count). The standard InChI is InChI=1S/C21H22FN3O2/c1-24-19-13-17(22)6-5-16(19)12-20(24)21(26)23-18-4-2-3-15(11-18)14-25-7-9-27-10-8-25/h2-6,11-13H,7-10,14H2,1H3,(H,23,26). The van der Waals surface area contributed by atoms with Crippen molar-refractivity contribution in [2.24, 2.45) is 7.05 Å². The van der Waals surface area contributed by atoms with Gasteiger partial charge in [-0.25, -0.2) is 4.39 Å². The van der Waals surface area contributed by atoms with Gasteiger partial charge in [0, 0.05) is 37.8 Å². The van der Waals surface area contributed by atoms with Crippen molar-refractivity contribution >= 4 is 22.5 Å². The minimum absolute atomic E-state index is 0.211. The van der Waals surface area contributed by atoms with E-state index in [-0.39, 0.29) is 11.7 Å². The maximum absolute atomic E-state index is 13.5.